The Labute approximate surface area is 96.4 Å². The highest BCUT2D eigenvalue weighted by molar-refractivity contribution is 9.09. The van der Waals surface area contributed by atoms with Crippen LogP contribution >= 0.6 is 15.9 Å². The van der Waals surface area contributed by atoms with Gasteiger partial charge in [0.1, 0.15) is 0 Å². The number of carboxylic acid groups (broad SMARTS) is 1. The molecule has 0 aliphatic carbocycles. The molecule has 0 aromatic carbocycles. The fourth-order valence-corrected chi connectivity index (χ4v) is 1.45. The van der Waals surface area contributed by atoms with E-state index in [1.54, 1.807) is 14.0 Å². The second-order valence-corrected chi connectivity index (χ2v) is 3.77. The molecule has 0 fully saturated rings. The molecule has 0 unspecified atom stereocenters. The van der Waals surface area contributed by atoms with Gasteiger partial charge in [-0.1, -0.05) is 27.8 Å². The number of nitrogens with zero attached hydrogens (tertiary/aromatic N) is 2. The predicted molar refractivity (Wildman–Crippen MR) is 60.2 cm³/mol. The third-order valence-corrected chi connectivity index (χ3v) is 2.25. The van der Waals surface area contributed by atoms with Gasteiger partial charge in [-0.05, 0) is 6.92 Å². The van der Waals surface area contributed by atoms with Crippen LogP contribution in [0.2, 0.25) is 0 Å². The maximum absolute atomic E-state index is 11.0. The Balaban J connectivity index is 3.17. The molecule has 0 amide bonds. The summed E-state index contributed by atoms with van der Waals surface area (Å²) in [5, 5.41) is 13.8. The van der Waals surface area contributed by atoms with Crippen molar-refractivity contribution < 1.29 is 9.90 Å². The predicted octanol–water partition coefficient (Wildman–Crippen LogP) is 1.56. The Bertz CT molecular complexity index is 440. The summed E-state index contributed by atoms with van der Waals surface area (Å²) in [4.78, 5) is 11.0. The first-order valence-electron chi connectivity index (χ1n) is 4.39. The van der Waals surface area contributed by atoms with E-state index in [1.165, 1.54) is 4.68 Å². The summed E-state index contributed by atoms with van der Waals surface area (Å²) < 4.78 is 1.34. The van der Waals surface area contributed by atoms with Crippen LogP contribution in [0.15, 0.2) is 0 Å². The molecule has 0 aliphatic rings. The maximum atomic E-state index is 11.0. The topological polar surface area (TPSA) is 55.1 Å². The van der Waals surface area contributed by atoms with Crippen molar-refractivity contribution in [1.82, 2.24) is 9.78 Å². The van der Waals surface area contributed by atoms with Crippen molar-refractivity contribution >= 4 is 21.9 Å². The van der Waals surface area contributed by atoms with E-state index < -0.39 is 5.97 Å². The van der Waals surface area contributed by atoms with E-state index >= 15 is 0 Å². The molecule has 0 radical (unpaired) electrons. The number of hydrogen-bond acceptors (Lipinski definition) is 2. The maximum Gasteiger partial charge on any atom is 0.355 e. The smallest absolute Gasteiger partial charge is 0.355 e. The molecule has 1 N–H and O–H groups in total. The summed E-state index contributed by atoms with van der Waals surface area (Å²) in [7, 11) is 1.60. The summed E-state index contributed by atoms with van der Waals surface area (Å²) in [6.45, 7) is 1.75. The lowest BCUT2D eigenvalue weighted by molar-refractivity contribution is 0.0684. The SMILES string of the molecule is Cc1nn(C)c(C(=O)O)c1C#CCCBr. The zero-order valence-corrected chi connectivity index (χ0v) is 10.1. The Morgan fingerprint density at radius 3 is 2.87 bits per heavy atom. The van der Waals surface area contributed by atoms with Crippen molar-refractivity contribution in [2.45, 2.75) is 13.3 Å². The van der Waals surface area contributed by atoms with E-state index in [9.17, 15) is 4.79 Å². The molecule has 1 heterocycles. The fourth-order valence-electron chi connectivity index (χ4n) is 1.25. The highest BCUT2D eigenvalue weighted by atomic mass is 79.9. The summed E-state index contributed by atoms with van der Waals surface area (Å²) in [6, 6.07) is 0. The lowest BCUT2D eigenvalue weighted by Gasteiger charge is -1.94. The number of carboxylic acids is 1. The third-order valence-electron chi connectivity index (χ3n) is 1.86. The summed E-state index contributed by atoms with van der Waals surface area (Å²) in [5.74, 6) is 4.73. The molecule has 0 bridgehead atoms. The number of hydrogen-bond donors (Lipinski definition) is 1. The Morgan fingerprint density at radius 1 is 1.67 bits per heavy atom. The minimum atomic E-state index is -0.999. The molecule has 1 rings (SSSR count). The number of halogens is 1. The summed E-state index contributed by atoms with van der Waals surface area (Å²) in [5.41, 5.74) is 1.30. The number of alkyl halides is 1. The first kappa shape index (κ1) is 11.8. The second-order valence-electron chi connectivity index (χ2n) is 2.98. The molecule has 0 spiro atoms. The lowest BCUT2D eigenvalue weighted by atomic mass is 10.2. The number of aryl methyl sites for hydroxylation is 2. The molecular weight excluding hydrogens is 260 g/mol. The molecule has 15 heavy (non-hydrogen) atoms. The van der Waals surface area contributed by atoms with E-state index in [1.807, 2.05) is 0 Å². The van der Waals surface area contributed by atoms with Gasteiger partial charge in [-0.3, -0.25) is 4.68 Å². The fraction of sp³-hybridized carbons (Fsp3) is 0.400. The van der Waals surface area contributed by atoms with Gasteiger partial charge in [0.05, 0.1) is 11.3 Å². The molecule has 4 nitrogen and oxygen atoms in total. The van der Waals surface area contributed by atoms with Crippen LogP contribution in [0.5, 0.6) is 0 Å². The molecule has 1 aromatic heterocycles. The van der Waals surface area contributed by atoms with Crippen molar-refractivity contribution in [1.29, 1.82) is 0 Å². The van der Waals surface area contributed by atoms with E-state index in [0.29, 0.717) is 17.7 Å². The zero-order valence-electron chi connectivity index (χ0n) is 8.54. The Kier molecular flexibility index (Phi) is 3.92. The summed E-state index contributed by atoms with van der Waals surface area (Å²) in [6.07, 6.45) is 0.688. The lowest BCUT2D eigenvalue weighted by Crippen LogP contribution is -2.06. The summed E-state index contributed by atoms with van der Waals surface area (Å²) >= 11 is 3.25. The van der Waals surface area contributed by atoms with E-state index in [-0.39, 0.29) is 5.69 Å². The van der Waals surface area contributed by atoms with Crippen molar-refractivity contribution in [3.8, 4) is 11.8 Å². The number of aromatic nitrogens is 2. The van der Waals surface area contributed by atoms with Crippen LogP contribution in [0.25, 0.3) is 0 Å². The van der Waals surface area contributed by atoms with Gasteiger partial charge in [-0.25, -0.2) is 4.79 Å². The molecule has 0 saturated carbocycles. The van der Waals surface area contributed by atoms with Crippen molar-refractivity contribution in [3.05, 3.63) is 17.0 Å². The van der Waals surface area contributed by atoms with Crippen molar-refractivity contribution in [2.75, 3.05) is 5.33 Å². The van der Waals surface area contributed by atoms with Crippen molar-refractivity contribution in [3.63, 3.8) is 0 Å². The normalized spacial score (nSPS) is 9.53. The average Bonchev–Trinajstić information content (AvgIpc) is 2.42. The van der Waals surface area contributed by atoms with Crippen LogP contribution in [0.3, 0.4) is 0 Å². The van der Waals surface area contributed by atoms with E-state index in [0.717, 1.165) is 5.33 Å². The highest BCUT2D eigenvalue weighted by Crippen LogP contribution is 2.11. The van der Waals surface area contributed by atoms with Gasteiger partial charge < -0.3 is 5.11 Å². The highest BCUT2D eigenvalue weighted by Gasteiger charge is 2.17. The van der Waals surface area contributed by atoms with Crippen LogP contribution in [0.4, 0.5) is 0 Å². The Morgan fingerprint density at radius 2 is 2.33 bits per heavy atom. The molecule has 1 aromatic rings. The molecule has 0 atom stereocenters. The van der Waals surface area contributed by atoms with Gasteiger partial charge in [-0.2, -0.15) is 5.10 Å². The van der Waals surface area contributed by atoms with Gasteiger partial charge in [0.2, 0.25) is 0 Å². The average molecular weight is 271 g/mol. The van der Waals surface area contributed by atoms with E-state index in [2.05, 4.69) is 32.9 Å². The van der Waals surface area contributed by atoms with Crippen LogP contribution in [0, 0.1) is 18.8 Å². The Hall–Kier alpha value is -1.28. The van der Waals surface area contributed by atoms with Gasteiger partial charge in [-0.15, -0.1) is 0 Å². The number of rotatable bonds is 2. The van der Waals surface area contributed by atoms with E-state index in [4.69, 9.17) is 5.11 Å². The van der Waals surface area contributed by atoms with Gasteiger partial charge >= 0.3 is 5.97 Å². The largest absolute Gasteiger partial charge is 0.476 e. The third kappa shape index (κ3) is 2.60. The van der Waals surface area contributed by atoms with Gasteiger partial charge in [0, 0.05) is 18.8 Å². The van der Waals surface area contributed by atoms with Crippen molar-refractivity contribution in [2.24, 2.45) is 7.05 Å². The second kappa shape index (κ2) is 4.99. The van der Waals surface area contributed by atoms with Gasteiger partial charge in [0.15, 0.2) is 5.69 Å². The number of carbonyl (C=O) groups is 1. The molecule has 0 aliphatic heterocycles. The van der Waals surface area contributed by atoms with Crippen LogP contribution in [0.1, 0.15) is 28.2 Å². The monoisotopic (exact) mass is 270 g/mol. The molecular formula is C10H11BrN2O2. The first-order chi connectivity index (χ1) is 7.07. The number of aromatic carboxylic acids is 1. The molecule has 80 valence electrons. The zero-order chi connectivity index (χ0) is 11.4. The molecule has 0 saturated heterocycles. The van der Waals surface area contributed by atoms with Crippen LogP contribution in [-0.2, 0) is 7.05 Å². The minimum Gasteiger partial charge on any atom is -0.476 e. The standard InChI is InChI=1S/C10H11BrN2O2/c1-7-8(5-3-4-6-11)9(10(14)15)13(2)12-7/h4,6H2,1-2H3,(H,14,15). The van der Waals surface area contributed by atoms with Crippen LogP contribution < -0.4 is 0 Å². The van der Waals surface area contributed by atoms with Gasteiger partial charge in [0.25, 0.3) is 0 Å². The minimum absolute atomic E-state index is 0.148. The quantitative estimate of drug-likeness (QED) is 0.656. The first-order valence-corrected chi connectivity index (χ1v) is 5.51. The van der Waals surface area contributed by atoms with Crippen LogP contribution in [-0.4, -0.2) is 26.2 Å². The molecule has 5 heteroatoms.